The van der Waals surface area contributed by atoms with Crippen LogP contribution in [0.15, 0.2) is 183 Å². The minimum absolute atomic E-state index is 0.0165. The Labute approximate surface area is 694 Å². The molecule has 10 heterocycles. The first-order valence-electron chi connectivity index (χ1n) is 38.4. The van der Waals surface area contributed by atoms with Crippen molar-refractivity contribution in [1.82, 2.24) is 64.3 Å². The van der Waals surface area contributed by atoms with E-state index < -0.39 is 64.6 Å². The topological polar surface area (TPSA) is 249 Å². The van der Waals surface area contributed by atoms with Crippen LogP contribution < -0.4 is 27.4 Å². The number of amides is 3. The molecule has 0 saturated carbocycles. The minimum Gasteiger partial charge on any atom is -0.383 e. The second-order valence-electron chi connectivity index (χ2n) is 29.5. The summed E-state index contributed by atoms with van der Waals surface area (Å²) in [4.78, 5) is 80.2. The highest BCUT2D eigenvalue weighted by Gasteiger charge is 2.37. The molecule has 15 rings (SSSR count). The summed E-state index contributed by atoms with van der Waals surface area (Å²) in [5.74, 6) is 15.3. The summed E-state index contributed by atoms with van der Waals surface area (Å²) in [6.45, 7) is 11.2. The van der Waals surface area contributed by atoms with Crippen LogP contribution in [-0.4, -0.2) is 182 Å². The van der Waals surface area contributed by atoms with Crippen LogP contribution in [0, 0.1) is 54.1 Å². The minimum atomic E-state index is -4.58. The molecule has 0 radical (unpaired) electrons. The number of benzene rings is 5. The summed E-state index contributed by atoms with van der Waals surface area (Å²) in [5, 5.41) is 10.8. The van der Waals surface area contributed by atoms with Gasteiger partial charge >= 0.3 is 18.5 Å². The first-order chi connectivity index (χ1) is 58.3. The van der Waals surface area contributed by atoms with Gasteiger partial charge in [0.2, 0.25) is 0 Å². The van der Waals surface area contributed by atoms with E-state index in [1.165, 1.54) is 116 Å². The standard InChI is InChI=1S/C31H28F4N6O.C30H26F4N6O.C29H25F3N6O/c1-19-20(4-7-27-26-8-5-24(32)14-22(26)16-38-29(27)36)13-23(17-37-19)30(42)39-25-6-3-21(28(15-25)31(33,34)35)18-41-11-9-40(2)10-12-41;1-39-8-10-40(11-9-39)18-20-3-5-24(14-27(20)30(32,33)34)38-29(41)22-12-19(15-36-16-22)2-6-26-25-7-4-23(31)13-21(25)17-37-28(26)35;1-37-9-11-38(12-10-37)19-22-6-7-24(14-26(22)29(30,31)32)36-28(39)23-13-20(15-33-17-23)4-5-21-16-34-18-27-25(21)3-2-8-35-27/h3,5-6,8,13-17H,9-12,18H2,1-2H3,(H2,36,38)(H,39,42);3-5,7,12-17H,8-11,18H2,1H3,(H2,35,37)(H,38,41);2-3,6-8,13-18H,9-12,19H2,1H3,(H,36,39). The Hall–Kier alpha value is -13.4. The van der Waals surface area contributed by atoms with E-state index in [9.17, 15) is 62.7 Å². The van der Waals surface area contributed by atoms with Crippen LogP contribution in [0.25, 0.3) is 32.4 Å². The lowest BCUT2D eigenvalue weighted by atomic mass is 10.0. The Bertz CT molecular complexity index is 6120. The molecule has 32 heteroatoms. The normalized spacial score (nSPS) is 14.5. The lowest BCUT2D eigenvalue weighted by Gasteiger charge is -2.33. The molecule has 0 spiro atoms. The number of aromatic nitrogens is 7. The van der Waals surface area contributed by atoms with Crippen molar-refractivity contribution in [3.63, 3.8) is 0 Å². The highest BCUT2D eigenvalue weighted by Crippen LogP contribution is 2.39. The first kappa shape index (κ1) is 86.5. The third-order valence-electron chi connectivity index (χ3n) is 20.6. The van der Waals surface area contributed by atoms with Crippen LogP contribution >= 0.6 is 0 Å². The number of nitrogens with zero attached hydrogens (tertiary/aromatic N) is 13. The largest absolute Gasteiger partial charge is 0.416 e. The van der Waals surface area contributed by atoms with Crippen molar-refractivity contribution in [1.29, 1.82) is 0 Å². The number of rotatable bonds is 12. The molecule has 0 unspecified atom stereocenters. The van der Waals surface area contributed by atoms with Gasteiger partial charge < -0.3 is 42.1 Å². The average Bonchev–Trinajstić information content (AvgIpc) is 0.815. The lowest BCUT2D eigenvalue weighted by Crippen LogP contribution is -2.44. The van der Waals surface area contributed by atoms with Crippen molar-refractivity contribution in [2.24, 2.45) is 0 Å². The molecule has 0 aliphatic carbocycles. The molecule has 122 heavy (non-hydrogen) atoms. The van der Waals surface area contributed by atoms with Crippen molar-refractivity contribution in [3.8, 4) is 35.5 Å². The van der Waals surface area contributed by atoms with Gasteiger partial charge in [0.25, 0.3) is 17.7 Å². The molecule has 0 atom stereocenters. The molecule has 3 aliphatic heterocycles. The van der Waals surface area contributed by atoms with Gasteiger partial charge in [-0.15, -0.1) is 0 Å². The monoisotopic (exact) mass is 1670 g/mol. The molecule has 21 nitrogen and oxygen atoms in total. The highest BCUT2D eigenvalue weighted by atomic mass is 19.4. The van der Waals surface area contributed by atoms with Crippen molar-refractivity contribution < 1.29 is 62.7 Å². The predicted octanol–water partition coefficient (Wildman–Crippen LogP) is 14.3. The zero-order valence-electron chi connectivity index (χ0n) is 66.3. The van der Waals surface area contributed by atoms with Gasteiger partial charge in [-0.3, -0.25) is 54.0 Å². The van der Waals surface area contributed by atoms with Crippen LogP contribution in [0.5, 0.6) is 0 Å². The number of nitrogens with two attached hydrogens (primary N) is 2. The van der Waals surface area contributed by atoms with E-state index in [-0.39, 0.29) is 81.7 Å². The van der Waals surface area contributed by atoms with E-state index in [4.69, 9.17) is 11.5 Å². The molecule has 7 N–H and O–H groups in total. The van der Waals surface area contributed by atoms with Gasteiger partial charge in [-0.1, -0.05) is 65.9 Å². The number of hydrogen-bond acceptors (Lipinski definition) is 18. The summed E-state index contributed by atoms with van der Waals surface area (Å²) < 4.78 is 153. The molecule has 0 bridgehead atoms. The molecular weight excluding hydrogens is 1590 g/mol. The molecule has 3 amide bonds. The number of nitrogen functional groups attached to an aromatic ring is 2. The summed E-state index contributed by atoms with van der Waals surface area (Å²) in [7, 11) is 5.96. The van der Waals surface area contributed by atoms with Gasteiger partial charge in [-0.05, 0) is 136 Å². The molecular formula is C90H79F11N18O3. The summed E-state index contributed by atoms with van der Waals surface area (Å²) >= 11 is 0. The molecule has 624 valence electrons. The number of aryl methyl sites for hydroxylation is 1. The van der Waals surface area contributed by atoms with E-state index in [2.05, 4.69) is 101 Å². The average molecular weight is 1670 g/mol. The Morgan fingerprint density at radius 3 is 1.20 bits per heavy atom. The molecule has 3 fully saturated rings. The lowest BCUT2D eigenvalue weighted by molar-refractivity contribution is -0.139. The Morgan fingerprint density at radius 2 is 0.779 bits per heavy atom. The van der Waals surface area contributed by atoms with Crippen LogP contribution in [0.1, 0.15) is 104 Å². The number of pyridine rings is 7. The number of carbonyl (C=O) groups is 3. The fourth-order valence-electron chi connectivity index (χ4n) is 13.8. The van der Waals surface area contributed by atoms with Crippen molar-refractivity contribution in [3.05, 3.63) is 284 Å². The fourth-order valence-corrected chi connectivity index (χ4v) is 13.8. The van der Waals surface area contributed by atoms with Crippen molar-refractivity contribution in [2.75, 3.05) is 127 Å². The third-order valence-corrected chi connectivity index (χ3v) is 20.6. The molecule has 3 saturated heterocycles. The van der Waals surface area contributed by atoms with E-state index in [0.29, 0.717) is 105 Å². The quantitative estimate of drug-likeness (QED) is 0.0563. The van der Waals surface area contributed by atoms with E-state index in [0.717, 1.165) is 62.9 Å². The molecule has 12 aromatic rings. The van der Waals surface area contributed by atoms with E-state index in [1.807, 2.05) is 48.0 Å². The van der Waals surface area contributed by atoms with Crippen LogP contribution in [0.3, 0.4) is 0 Å². The van der Waals surface area contributed by atoms with E-state index >= 15 is 0 Å². The maximum absolute atomic E-state index is 14.0. The zero-order chi connectivity index (χ0) is 86.6. The predicted molar refractivity (Wildman–Crippen MR) is 444 cm³/mol. The van der Waals surface area contributed by atoms with Crippen LogP contribution in [0.4, 0.5) is 77.0 Å². The van der Waals surface area contributed by atoms with Gasteiger partial charge in [-0.2, -0.15) is 39.5 Å². The number of piperazine rings is 3. The number of halogens is 11. The van der Waals surface area contributed by atoms with Gasteiger partial charge in [0, 0.05) is 215 Å². The number of likely N-dealkylation sites (N-methyl/N-ethyl adjacent to an activating group) is 3. The number of nitrogens with one attached hydrogen (secondary N) is 3. The number of anilines is 5. The Kier molecular flexibility index (Phi) is 26.9. The third kappa shape index (κ3) is 22.4. The van der Waals surface area contributed by atoms with Gasteiger partial charge in [0.15, 0.2) is 0 Å². The van der Waals surface area contributed by atoms with Crippen LogP contribution in [0.2, 0.25) is 0 Å². The summed E-state index contributed by atoms with van der Waals surface area (Å²) in [5.41, 5.74) is 14.7. The fraction of sp³-hybridized carbons (Fsp3) is 0.244. The van der Waals surface area contributed by atoms with Crippen LogP contribution in [-0.2, 0) is 38.2 Å². The molecule has 7 aromatic heterocycles. The van der Waals surface area contributed by atoms with E-state index in [1.54, 1.807) is 43.7 Å². The number of fused-ring (bicyclic) bond motifs is 3. The Balaban J connectivity index is 0.000000158. The maximum atomic E-state index is 14.0. The smallest absolute Gasteiger partial charge is 0.383 e. The zero-order valence-corrected chi connectivity index (χ0v) is 66.3. The summed E-state index contributed by atoms with van der Waals surface area (Å²) in [6, 6.07) is 28.2. The number of carbonyl (C=O) groups excluding carboxylic acids is 3. The maximum Gasteiger partial charge on any atom is 0.416 e. The second kappa shape index (κ2) is 37.9. The van der Waals surface area contributed by atoms with Gasteiger partial charge in [-0.25, -0.2) is 18.7 Å². The number of hydrogen-bond donors (Lipinski definition) is 5. The van der Waals surface area contributed by atoms with Gasteiger partial charge in [0.05, 0.1) is 67.5 Å². The first-order valence-corrected chi connectivity index (χ1v) is 38.4. The number of alkyl halides is 9. The SMILES string of the molecule is CN1CCN(Cc2ccc(NC(=O)c3cncc(C#Cc4c(N)ncc5cc(F)ccc45)c3)cc2C(F)(F)F)CC1.CN1CCN(Cc2ccc(NC(=O)c3cncc(C#Cc4cncc5ncccc45)c3)cc2C(F)(F)F)CC1.Cc1ncc(C(=O)Nc2ccc(CN3CCN(C)CC3)c(C(F)(F)F)c2)cc1C#Cc1c(N)ncc2cc(F)ccc12. The van der Waals surface area contributed by atoms with Crippen molar-refractivity contribution in [2.45, 2.75) is 45.1 Å². The molecule has 3 aliphatic rings. The van der Waals surface area contributed by atoms with Crippen molar-refractivity contribution >= 4 is 78.9 Å². The summed E-state index contributed by atoms with van der Waals surface area (Å²) in [6.07, 6.45) is 1.07. The molecule has 5 aromatic carbocycles. The van der Waals surface area contributed by atoms with Gasteiger partial charge in [0.1, 0.15) is 23.3 Å². The second-order valence-corrected chi connectivity index (χ2v) is 29.5. The highest BCUT2D eigenvalue weighted by molar-refractivity contribution is 6.06. The Morgan fingerprint density at radius 1 is 0.393 bits per heavy atom.